The second-order valence-corrected chi connectivity index (χ2v) is 7.39. The van der Waals surface area contributed by atoms with Crippen LogP contribution in [0.5, 0.6) is 0 Å². The molecule has 2 amide bonds. The first-order valence-corrected chi connectivity index (χ1v) is 9.57. The molecule has 1 aliphatic heterocycles. The number of urea groups is 1. The zero-order valence-corrected chi connectivity index (χ0v) is 16.1. The largest absolute Gasteiger partial charge is 0.335 e. The summed E-state index contributed by atoms with van der Waals surface area (Å²) in [6.07, 6.45) is 1.91. The molecule has 4 nitrogen and oxygen atoms in total. The molecule has 0 aliphatic carbocycles. The van der Waals surface area contributed by atoms with Crippen molar-refractivity contribution in [2.75, 3.05) is 13.1 Å². The van der Waals surface area contributed by atoms with Crippen LogP contribution in [0.3, 0.4) is 0 Å². The molecule has 5 heteroatoms. The highest BCUT2D eigenvalue weighted by atomic mass is 19.1. The number of hydrogen-bond acceptors (Lipinski definition) is 2. The Morgan fingerprint density at radius 2 is 1.85 bits per heavy atom. The zero-order valence-electron chi connectivity index (χ0n) is 16.1. The summed E-state index contributed by atoms with van der Waals surface area (Å²) in [5, 5.41) is 5.93. The van der Waals surface area contributed by atoms with Crippen LogP contribution in [0.15, 0.2) is 42.5 Å². The van der Waals surface area contributed by atoms with Crippen LogP contribution in [0.4, 0.5) is 9.18 Å². The van der Waals surface area contributed by atoms with E-state index < -0.39 is 0 Å². The molecule has 0 saturated carbocycles. The van der Waals surface area contributed by atoms with Gasteiger partial charge in [-0.3, -0.25) is 4.90 Å². The van der Waals surface area contributed by atoms with Gasteiger partial charge >= 0.3 is 6.03 Å². The van der Waals surface area contributed by atoms with Crippen molar-refractivity contribution < 1.29 is 9.18 Å². The standard InChI is InChI=1S/C22H28FN3O/c1-16-5-3-4-6-19(16)15-26-11-9-20(10-12-26)25-22(27)24-14-18-7-8-21(23)17(2)13-18/h3-8,13,20H,9-12,14-15H2,1-2H3,(H2,24,25,27). The average molecular weight is 369 g/mol. The molecule has 2 aromatic rings. The van der Waals surface area contributed by atoms with E-state index in [1.807, 2.05) is 0 Å². The second kappa shape index (κ2) is 9.00. The first-order valence-electron chi connectivity index (χ1n) is 9.57. The molecule has 2 N–H and O–H groups in total. The normalized spacial score (nSPS) is 15.5. The molecule has 1 saturated heterocycles. The Balaban J connectivity index is 1.40. The molecule has 144 valence electrons. The molecule has 1 fully saturated rings. The summed E-state index contributed by atoms with van der Waals surface area (Å²) in [6.45, 7) is 7.21. The summed E-state index contributed by atoms with van der Waals surface area (Å²) in [7, 11) is 0. The smallest absolute Gasteiger partial charge is 0.315 e. The number of nitrogens with one attached hydrogen (secondary N) is 2. The fourth-order valence-electron chi connectivity index (χ4n) is 3.50. The van der Waals surface area contributed by atoms with Gasteiger partial charge < -0.3 is 10.6 Å². The van der Waals surface area contributed by atoms with Crippen molar-refractivity contribution in [3.05, 3.63) is 70.5 Å². The molecule has 3 rings (SSSR count). The average Bonchev–Trinajstić information content (AvgIpc) is 2.66. The third-order valence-corrected chi connectivity index (χ3v) is 5.25. The van der Waals surface area contributed by atoms with Gasteiger partial charge in [0.25, 0.3) is 0 Å². The monoisotopic (exact) mass is 369 g/mol. The fourth-order valence-corrected chi connectivity index (χ4v) is 3.50. The molecule has 0 unspecified atom stereocenters. The van der Waals surface area contributed by atoms with Crippen LogP contribution in [-0.2, 0) is 13.1 Å². The minimum atomic E-state index is -0.222. The van der Waals surface area contributed by atoms with Crippen LogP contribution in [0.1, 0.15) is 35.1 Å². The molecule has 27 heavy (non-hydrogen) atoms. The van der Waals surface area contributed by atoms with Gasteiger partial charge in [0, 0.05) is 32.2 Å². The van der Waals surface area contributed by atoms with E-state index in [1.54, 1.807) is 19.1 Å². The van der Waals surface area contributed by atoms with Crippen LogP contribution < -0.4 is 10.6 Å². The van der Waals surface area contributed by atoms with Crippen LogP contribution >= 0.6 is 0 Å². The van der Waals surface area contributed by atoms with E-state index in [9.17, 15) is 9.18 Å². The highest BCUT2D eigenvalue weighted by Crippen LogP contribution is 2.16. The molecule has 2 aromatic carbocycles. The Morgan fingerprint density at radius 3 is 2.56 bits per heavy atom. The van der Waals surface area contributed by atoms with Crippen LogP contribution in [-0.4, -0.2) is 30.1 Å². The lowest BCUT2D eigenvalue weighted by Crippen LogP contribution is -2.47. The Hall–Kier alpha value is -2.40. The molecule has 0 atom stereocenters. The molecule has 0 spiro atoms. The maximum absolute atomic E-state index is 13.3. The first kappa shape index (κ1) is 19.4. The Kier molecular flexibility index (Phi) is 6.45. The summed E-state index contributed by atoms with van der Waals surface area (Å²) in [6, 6.07) is 13.4. The molecule has 0 aromatic heterocycles. The lowest BCUT2D eigenvalue weighted by Gasteiger charge is -2.32. The number of amides is 2. The van der Waals surface area contributed by atoms with Crippen molar-refractivity contribution in [1.82, 2.24) is 15.5 Å². The highest BCUT2D eigenvalue weighted by Gasteiger charge is 2.21. The van der Waals surface area contributed by atoms with E-state index in [1.165, 1.54) is 17.2 Å². The van der Waals surface area contributed by atoms with Crippen LogP contribution in [0.25, 0.3) is 0 Å². The van der Waals surface area contributed by atoms with Crippen LogP contribution in [0, 0.1) is 19.7 Å². The number of halogens is 1. The number of nitrogens with zero attached hydrogens (tertiary/aromatic N) is 1. The lowest BCUT2D eigenvalue weighted by atomic mass is 10.0. The van der Waals surface area contributed by atoms with Crippen molar-refractivity contribution in [2.24, 2.45) is 0 Å². The van der Waals surface area contributed by atoms with E-state index in [0.29, 0.717) is 12.1 Å². The SMILES string of the molecule is Cc1cc(CNC(=O)NC2CCN(Cc3ccccc3C)CC2)ccc1F. The van der Waals surface area contributed by atoms with Crippen LogP contribution in [0.2, 0.25) is 0 Å². The van der Waals surface area contributed by atoms with Gasteiger partial charge in [-0.1, -0.05) is 36.4 Å². The molecule has 0 radical (unpaired) electrons. The van der Waals surface area contributed by atoms with E-state index in [4.69, 9.17) is 0 Å². The van der Waals surface area contributed by atoms with Crippen molar-refractivity contribution in [3.63, 3.8) is 0 Å². The predicted octanol–water partition coefficient (Wildman–Crippen LogP) is 3.91. The van der Waals surface area contributed by atoms with Gasteiger partial charge in [0.1, 0.15) is 5.82 Å². The van der Waals surface area contributed by atoms with Gasteiger partial charge in [-0.2, -0.15) is 0 Å². The van der Waals surface area contributed by atoms with E-state index in [-0.39, 0.29) is 17.9 Å². The number of likely N-dealkylation sites (tertiary alicyclic amines) is 1. The summed E-state index contributed by atoms with van der Waals surface area (Å²) < 4.78 is 13.3. The van der Waals surface area contributed by atoms with Crippen molar-refractivity contribution in [2.45, 2.75) is 45.8 Å². The number of hydrogen-bond donors (Lipinski definition) is 2. The maximum Gasteiger partial charge on any atom is 0.315 e. The molecular weight excluding hydrogens is 341 g/mol. The first-order chi connectivity index (χ1) is 13.0. The number of piperidine rings is 1. The Bertz CT molecular complexity index is 785. The molecular formula is C22H28FN3O. The Morgan fingerprint density at radius 1 is 1.11 bits per heavy atom. The maximum atomic E-state index is 13.3. The quantitative estimate of drug-likeness (QED) is 0.839. The number of rotatable bonds is 5. The van der Waals surface area contributed by atoms with E-state index >= 15 is 0 Å². The fraction of sp³-hybridized carbons (Fsp3) is 0.409. The lowest BCUT2D eigenvalue weighted by molar-refractivity contribution is 0.186. The third-order valence-electron chi connectivity index (χ3n) is 5.25. The van der Waals surface area contributed by atoms with Crippen molar-refractivity contribution >= 4 is 6.03 Å². The highest BCUT2D eigenvalue weighted by molar-refractivity contribution is 5.74. The van der Waals surface area contributed by atoms with Gasteiger partial charge in [-0.05, 0) is 55.0 Å². The predicted molar refractivity (Wildman–Crippen MR) is 106 cm³/mol. The third kappa shape index (κ3) is 5.54. The van der Waals surface area contributed by atoms with E-state index in [0.717, 1.165) is 38.0 Å². The number of carbonyl (C=O) groups is 1. The molecule has 1 heterocycles. The minimum absolute atomic E-state index is 0.158. The van der Waals surface area contributed by atoms with Gasteiger partial charge in [0.15, 0.2) is 0 Å². The van der Waals surface area contributed by atoms with E-state index in [2.05, 4.69) is 46.7 Å². The summed E-state index contributed by atoms with van der Waals surface area (Å²) in [4.78, 5) is 14.6. The summed E-state index contributed by atoms with van der Waals surface area (Å²) in [5.41, 5.74) is 4.19. The summed E-state index contributed by atoms with van der Waals surface area (Å²) >= 11 is 0. The Labute approximate surface area is 160 Å². The second-order valence-electron chi connectivity index (χ2n) is 7.39. The van der Waals surface area contributed by atoms with Gasteiger partial charge in [-0.15, -0.1) is 0 Å². The summed E-state index contributed by atoms with van der Waals surface area (Å²) in [5.74, 6) is -0.222. The van der Waals surface area contributed by atoms with Gasteiger partial charge in [0.05, 0.1) is 0 Å². The number of benzene rings is 2. The molecule has 1 aliphatic rings. The molecule has 0 bridgehead atoms. The number of carbonyl (C=O) groups excluding carboxylic acids is 1. The van der Waals surface area contributed by atoms with Crippen molar-refractivity contribution in [1.29, 1.82) is 0 Å². The van der Waals surface area contributed by atoms with Crippen molar-refractivity contribution in [3.8, 4) is 0 Å². The topological polar surface area (TPSA) is 44.4 Å². The zero-order chi connectivity index (χ0) is 19.2. The van der Waals surface area contributed by atoms with Gasteiger partial charge in [-0.25, -0.2) is 9.18 Å². The van der Waals surface area contributed by atoms with Gasteiger partial charge in [0.2, 0.25) is 0 Å². The number of aryl methyl sites for hydroxylation is 2. The minimum Gasteiger partial charge on any atom is -0.335 e.